The molecule has 2 N–H and O–H groups in total. The summed E-state index contributed by atoms with van der Waals surface area (Å²) in [6.07, 6.45) is 4.94. The molecule has 100 valence electrons. The van der Waals surface area contributed by atoms with E-state index >= 15 is 0 Å². The molecular weight excluding hydrogens is 274 g/mol. The number of rotatable bonds is 4. The van der Waals surface area contributed by atoms with Crippen molar-refractivity contribution in [3.05, 3.63) is 16.3 Å². The molecule has 0 amide bonds. The first kappa shape index (κ1) is 13.5. The van der Waals surface area contributed by atoms with Crippen molar-refractivity contribution in [1.82, 2.24) is 4.72 Å². The van der Waals surface area contributed by atoms with Crippen LogP contribution in [0.2, 0.25) is 0 Å². The second-order valence-electron chi connectivity index (χ2n) is 4.41. The Morgan fingerprint density at radius 3 is 2.56 bits per heavy atom. The molecular formula is C11H15NO4S2. The Labute approximate surface area is 110 Å². The highest BCUT2D eigenvalue weighted by molar-refractivity contribution is 7.89. The van der Waals surface area contributed by atoms with Crippen molar-refractivity contribution < 1.29 is 18.3 Å². The van der Waals surface area contributed by atoms with Crippen molar-refractivity contribution in [2.24, 2.45) is 0 Å². The van der Waals surface area contributed by atoms with Crippen LogP contribution in [0.5, 0.6) is 0 Å². The van der Waals surface area contributed by atoms with Gasteiger partial charge in [-0.3, -0.25) is 0 Å². The molecule has 0 radical (unpaired) electrons. The number of sulfonamides is 1. The molecule has 0 saturated heterocycles. The van der Waals surface area contributed by atoms with E-state index in [4.69, 9.17) is 5.11 Å². The van der Waals surface area contributed by atoms with Gasteiger partial charge in [-0.1, -0.05) is 19.3 Å². The van der Waals surface area contributed by atoms with E-state index in [1.165, 1.54) is 11.4 Å². The first-order chi connectivity index (χ1) is 8.49. The Bertz CT molecular complexity index is 529. The monoisotopic (exact) mass is 289 g/mol. The van der Waals surface area contributed by atoms with E-state index < -0.39 is 16.0 Å². The maximum atomic E-state index is 12.0. The van der Waals surface area contributed by atoms with Crippen LogP contribution in [0.4, 0.5) is 0 Å². The summed E-state index contributed by atoms with van der Waals surface area (Å²) in [5.74, 6) is -1.10. The lowest BCUT2D eigenvalue weighted by atomic mass is 9.96. The van der Waals surface area contributed by atoms with Gasteiger partial charge in [0.1, 0.15) is 4.88 Å². The predicted octanol–water partition coefficient (Wildman–Crippen LogP) is 2.06. The second kappa shape index (κ2) is 5.38. The van der Waals surface area contributed by atoms with Crippen molar-refractivity contribution in [3.8, 4) is 0 Å². The Kier molecular flexibility index (Phi) is 4.04. The van der Waals surface area contributed by atoms with E-state index in [0.29, 0.717) is 0 Å². The average molecular weight is 289 g/mol. The molecule has 0 spiro atoms. The van der Waals surface area contributed by atoms with Gasteiger partial charge in [0, 0.05) is 11.4 Å². The van der Waals surface area contributed by atoms with Gasteiger partial charge in [-0.15, -0.1) is 11.3 Å². The van der Waals surface area contributed by atoms with Crippen molar-refractivity contribution in [1.29, 1.82) is 0 Å². The van der Waals surface area contributed by atoms with Crippen molar-refractivity contribution in [2.75, 3.05) is 0 Å². The van der Waals surface area contributed by atoms with Crippen LogP contribution in [-0.2, 0) is 10.0 Å². The third-order valence-electron chi connectivity index (χ3n) is 3.02. The first-order valence-corrected chi connectivity index (χ1v) is 8.19. The van der Waals surface area contributed by atoms with Gasteiger partial charge < -0.3 is 5.11 Å². The van der Waals surface area contributed by atoms with Gasteiger partial charge in [0.15, 0.2) is 0 Å². The fourth-order valence-corrected chi connectivity index (χ4v) is 4.50. The molecule has 1 aliphatic carbocycles. The van der Waals surface area contributed by atoms with Crippen LogP contribution in [0.15, 0.2) is 16.3 Å². The number of carboxylic acids is 1. The summed E-state index contributed by atoms with van der Waals surface area (Å²) in [6, 6.07) is 1.19. The van der Waals surface area contributed by atoms with Crippen molar-refractivity contribution in [3.63, 3.8) is 0 Å². The minimum absolute atomic E-state index is 0.0167. The highest BCUT2D eigenvalue weighted by Crippen LogP contribution is 2.22. The van der Waals surface area contributed by atoms with Gasteiger partial charge in [-0.2, -0.15) is 0 Å². The Morgan fingerprint density at radius 2 is 2.00 bits per heavy atom. The fourth-order valence-electron chi connectivity index (χ4n) is 2.08. The third-order valence-corrected chi connectivity index (χ3v) is 5.59. The molecule has 0 unspecified atom stereocenters. The zero-order valence-corrected chi connectivity index (χ0v) is 11.4. The molecule has 1 aromatic rings. The van der Waals surface area contributed by atoms with Crippen LogP contribution in [0.1, 0.15) is 41.8 Å². The summed E-state index contributed by atoms with van der Waals surface area (Å²) >= 11 is 0.928. The summed E-state index contributed by atoms with van der Waals surface area (Å²) in [4.78, 5) is 10.8. The van der Waals surface area contributed by atoms with E-state index in [-0.39, 0.29) is 15.8 Å². The van der Waals surface area contributed by atoms with E-state index in [0.717, 1.165) is 43.4 Å². The van der Waals surface area contributed by atoms with Crippen LogP contribution in [0.3, 0.4) is 0 Å². The summed E-state index contributed by atoms with van der Waals surface area (Å²) in [5, 5.41) is 10.2. The van der Waals surface area contributed by atoms with Crippen molar-refractivity contribution in [2.45, 2.75) is 43.0 Å². The SMILES string of the molecule is O=C(O)c1cc(S(=O)(=O)NC2CCCCC2)cs1. The summed E-state index contributed by atoms with van der Waals surface area (Å²) in [7, 11) is -3.58. The normalized spacial score (nSPS) is 17.8. The zero-order chi connectivity index (χ0) is 13.2. The lowest BCUT2D eigenvalue weighted by Gasteiger charge is -2.22. The standard InChI is InChI=1S/C11H15NO4S2/c13-11(14)10-6-9(7-17-10)18(15,16)12-8-4-2-1-3-5-8/h6-8,12H,1-5H2,(H,13,14). The smallest absolute Gasteiger partial charge is 0.345 e. The van der Waals surface area contributed by atoms with Gasteiger partial charge >= 0.3 is 5.97 Å². The number of thiophene rings is 1. The van der Waals surface area contributed by atoms with Crippen molar-refractivity contribution >= 4 is 27.3 Å². The lowest BCUT2D eigenvalue weighted by Crippen LogP contribution is -2.35. The number of carboxylic acid groups (broad SMARTS) is 1. The van der Waals surface area contributed by atoms with E-state index in [2.05, 4.69) is 4.72 Å². The van der Waals surface area contributed by atoms with Crippen LogP contribution in [0.25, 0.3) is 0 Å². The molecule has 1 saturated carbocycles. The number of hydrogen-bond donors (Lipinski definition) is 2. The van der Waals surface area contributed by atoms with Gasteiger partial charge in [0.2, 0.25) is 10.0 Å². The minimum Gasteiger partial charge on any atom is -0.477 e. The van der Waals surface area contributed by atoms with Gasteiger partial charge in [-0.25, -0.2) is 17.9 Å². The quantitative estimate of drug-likeness (QED) is 0.888. The molecule has 0 aromatic carbocycles. The number of carbonyl (C=O) groups is 1. The molecule has 1 heterocycles. The maximum Gasteiger partial charge on any atom is 0.345 e. The topological polar surface area (TPSA) is 83.5 Å². The van der Waals surface area contributed by atoms with Crippen LogP contribution < -0.4 is 4.72 Å². The minimum atomic E-state index is -3.58. The molecule has 1 aromatic heterocycles. The second-order valence-corrected chi connectivity index (χ2v) is 7.03. The maximum absolute atomic E-state index is 12.0. The molecule has 2 rings (SSSR count). The van der Waals surface area contributed by atoms with E-state index in [9.17, 15) is 13.2 Å². The first-order valence-electron chi connectivity index (χ1n) is 5.83. The molecule has 1 aliphatic rings. The largest absolute Gasteiger partial charge is 0.477 e. The fraction of sp³-hybridized carbons (Fsp3) is 0.545. The molecule has 5 nitrogen and oxygen atoms in total. The van der Waals surface area contributed by atoms with Gasteiger partial charge in [-0.05, 0) is 18.9 Å². The Hall–Kier alpha value is -0.920. The average Bonchev–Trinajstić information content (AvgIpc) is 2.79. The van der Waals surface area contributed by atoms with E-state index in [1.807, 2.05) is 0 Å². The van der Waals surface area contributed by atoms with Gasteiger partial charge in [0.25, 0.3) is 0 Å². The third kappa shape index (κ3) is 3.09. The summed E-state index contributed by atoms with van der Waals surface area (Å²) in [6.45, 7) is 0. The molecule has 0 aliphatic heterocycles. The molecule has 7 heteroatoms. The van der Waals surface area contributed by atoms with Crippen LogP contribution in [0, 0.1) is 0 Å². The highest BCUT2D eigenvalue weighted by Gasteiger charge is 2.23. The number of nitrogens with one attached hydrogen (secondary N) is 1. The number of hydrogen-bond acceptors (Lipinski definition) is 4. The zero-order valence-electron chi connectivity index (χ0n) is 9.76. The Morgan fingerprint density at radius 1 is 1.33 bits per heavy atom. The van der Waals surface area contributed by atoms with Crippen LogP contribution in [-0.4, -0.2) is 25.5 Å². The molecule has 18 heavy (non-hydrogen) atoms. The summed E-state index contributed by atoms with van der Waals surface area (Å²) < 4.78 is 26.7. The predicted molar refractivity (Wildman–Crippen MR) is 68.5 cm³/mol. The van der Waals surface area contributed by atoms with Gasteiger partial charge in [0.05, 0.1) is 4.90 Å². The van der Waals surface area contributed by atoms with Crippen LogP contribution >= 0.6 is 11.3 Å². The molecule has 0 atom stereocenters. The highest BCUT2D eigenvalue weighted by atomic mass is 32.2. The molecule has 1 fully saturated rings. The summed E-state index contributed by atoms with van der Waals surface area (Å²) in [5.41, 5.74) is 0. The molecule has 0 bridgehead atoms. The number of aromatic carboxylic acids is 1. The Balaban J connectivity index is 2.11. The van der Waals surface area contributed by atoms with E-state index in [1.54, 1.807) is 0 Å². The lowest BCUT2D eigenvalue weighted by molar-refractivity contribution is 0.0702.